The van der Waals surface area contributed by atoms with Crippen molar-refractivity contribution in [2.24, 2.45) is 5.73 Å². The fourth-order valence-corrected chi connectivity index (χ4v) is 2.30. The molecule has 0 saturated carbocycles. The van der Waals surface area contributed by atoms with Gasteiger partial charge in [0, 0.05) is 10.7 Å². The fourth-order valence-electron chi connectivity index (χ4n) is 1.28. The number of rotatable bonds is 3. The SMILES string of the molecule is NC(=O)c1ccsc1NC(=O)c1ccc(Br)cn1. The van der Waals surface area contributed by atoms with Crippen molar-refractivity contribution in [2.75, 3.05) is 5.32 Å². The standard InChI is InChI=1S/C11H8BrN3O2S/c12-6-1-2-8(14-5-6)10(17)15-11-7(9(13)16)3-4-18-11/h1-5H,(H2,13,16)(H,15,17). The minimum Gasteiger partial charge on any atom is -0.366 e. The average Bonchev–Trinajstić information content (AvgIpc) is 2.78. The summed E-state index contributed by atoms with van der Waals surface area (Å²) in [6.45, 7) is 0. The van der Waals surface area contributed by atoms with Crippen LogP contribution in [-0.2, 0) is 0 Å². The van der Waals surface area contributed by atoms with Gasteiger partial charge in [-0.3, -0.25) is 9.59 Å². The molecule has 0 aliphatic rings. The quantitative estimate of drug-likeness (QED) is 0.907. The highest BCUT2D eigenvalue weighted by Gasteiger charge is 2.14. The summed E-state index contributed by atoms with van der Waals surface area (Å²) in [5.41, 5.74) is 5.75. The number of nitrogens with zero attached hydrogens (tertiary/aromatic N) is 1. The van der Waals surface area contributed by atoms with E-state index in [-0.39, 0.29) is 11.6 Å². The predicted octanol–water partition coefficient (Wildman–Crippen LogP) is 2.26. The molecule has 0 aliphatic carbocycles. The first-order valence-corrected chi connectivity index (χ1v) is 6.55. The van der Waals surface area contributed by atoms with Gasteiger partial charge < -0.3 is 11.1 Å². The molecule has 0 bridgehead atoms. The van der Waals surface area contributed by atoms with Gasteiger partial charge in [-0.15, -0.1) is 11.3 Å². The second-order valence-electron chi connectivity index (χ2n) is 3.34. The van der Waals surface area contributed by atoms with Gasteiger partial charge in [0.15, 0.2) is 0 Å². The summed E-state index contributed by atoms with van der Waals surface area (Å²) in [6.07, 6.45) is 1.53. The van der Waals surface area contributed by atoms with Gasteiger partial charge in [0.05, 0.1) is 5.56 Å². The van der Waals surface area contributed by atoms with Crippen molar-refractivity contribution in [1.82, 2.24) is 4.98 Å². The van der Waals surface area contributed by atoms with E-state index in [1.807, 2.05) is 0 Å². The van der Waals surface area contributed by atoms with Crippen LogP contribution >= 0.6 is 27.3 Å². The number of amides is 2. The van der Waals surface area contributed by atoms with E-state index in [9.17, 15) is 9.59 Å². The summed E-state index contributed by atoms with van der Waals surface area (Å²) < 4.78 is 0.785. The van der Waals surface area contributed by atoms with Gasteiger partial charge in [-0.25, -0.2) is 4.98 Å². The molecule has 0 saturated heterocycles. The lowest BCUT2D eigenvalue weighted by Gasteiger charge is -2.03. The van der Waals surface area contributed by atoms with E-state index in [4.69, 9.17) is 5.73 Å². The lowest BCUT2D eigenvalue weighted by molar-refractivity contribution is 0.100. The minimum atomic E-state index is -0.574. The number of anilines is 1. The molecule has 2 aromatic heterocycles. The Balaban J connectivity index is 2.19. The Labute approximate surface area is 115 Å². The lowest BCUT2D eigenvalue weighted by Crippen LogP contribution is -2.17. The van der Waals surface area contributed by atoms with Crippen molar-refractivity contribution >= 4 is 44.1 Å². The summed E-state index contributed by atoms with van der Waals surface area (Å²) in [4.78, 5) is 26.9. The van der Waals surface area contributed by atoms with E-state index in [0.29, 0.717) is 10.6 Å². The van der Waals surface area contributed by atoms with E-state index >= 15 is 0 Å². The molecule has 2 amide bonds. The molecule has 7 heteroatoms. The van der Waals surface area contributed by atoms with Gasteiger partial charge in [0.25, 0.3) is 11.8 Å². The summed E-state index contributed by atoms with van der Waals surface area (Å²) >= 11 is 4.47. The molecule has 18 heavy (non-hydrogen) atoms. The molecular weight excluding hydrogens is 318 g/mol. The second kappa shape index (κ2) is 5.28. The Kier molecular flexibility index (Phi) is 3.73. The average molecular weight is 326 g/mol. The number of primary amides is 1. The number of thiophene rings is 1. The van der Waals surface area contributed by atoms with E-state index in [1.54, 1.807) is 23.6 Å². The normalized spacial score (nSPS) is 10.1. The maximum absolute atomic E-state index is 11.9. The number of nitrogens with one attached hydrogen (secondary N) is 1. The first kappa shape index (κ1) is 12.7. The van der Waals surface area contributed by atoms with Crippen LogP contribution in [0.15, 0.2) is 34.2 Å². The molecular formula is C11H8BrN3O2S. The van der Waals surface area contributed by atoms with Crippen LogP contribution in [0.1, 0.15) is 20.8 Å². The van der Waals surface area contributed by atoms with Crippen LogP contribution in [0.5, 0.6) is 0 Å². The fraction of sp³-hybridized carbons (Fsp3) is 0. The molecule has 0 spiro atoms. The molecule has 0 aliphatic heterocycles. The third-order valence-electron chi connectivity index (χ3n) is 2.12. The number of halogens is 1. The molecule has 0 aromatic carbocycles. The minimum absolute atomic E-state index is 0.266. The van der Waals surface area contributed by atoms with Crippen LogP contribution in [0.25, 0.3) is 0 Å². The Hall–Kier alpha value is -1.73. The number of hydrogen-bond donors (Lipinski definition) is 2. The van der Waals surface area contributed by atoms with Gasteiger partial charge >= 0.3 is 0 Å². The van der Waals surface area contributed by atoms with E-state index in [2.05, 4.69) is 26.2 Å². The van der Waals surface area contributed by atoms with Crippen LogP contribution in [0, 0.1) is 0 Å². The van der Waals surface area contributed by atoms with Crippen molar-refractivity contribution in [2.45, 2.75) is 0 Å². The highest BCUT2D eigenvalue weighted by molar-refractivity contribution is 9.10. The third kappa shape index (κ3) is 2.74. The summed E-state index contributed by atoms with van der Waals surface area (Å²) in [5, 5.41) is 4.72. The third-order valence-corrected chi connectivity index (χ3v) is 3.42. The zero-order valence-electron chi connectivity index (χ0n) is 9.01. The Morgan fingerprint density at radius 2 is 2.11 bits per heavy atom. The van der Waals surface area contributed by atoms with Crippen LogP contribution in [-0.4, -0.2) is 16.8 Å². The van der Waals surface area contributed by atoms with Crippen molar-refractivity contribution < 1.29 is 9.59 Å². The van der Waals surface area contributed by atoms with Crippen LogP contribution in [0.3, 0.4) is 0 Å². The van der Waals surface area contributed by atoms with Gasteiger partial charge in [-0.1, -0.05) is 0 Å². The smallest absolute Gasteiger partial charge is 0.274 e. The van der Waals surface area contributed by atoms with Gasteiger partial charge in [0.1, 0.15) is 10.7 Å². The van der Waals surface area contributed by atoms with Crippen molar-refractivity contribution in [3.05, 3.63) is 45.5 Å². The van der Waals surface area contributed by atoms with Crippen molar-refractivity contribution in [3.63, 3.8) is 0 Å². The van der Waals surface area contributed by atoms with E-state index in [0.717, 1.165) is 4.47 Å². The van der Waals surface area contributed by atoms with Crippen LogP contribution in [0.4, 0.5) is 5.00 Å². The zero-order chi connectivity index (χ0) is 13.1. The topological polar surface area (TPSA) is 85.1 Å². The maximum Gasteiger partial charge on any atom is 0.274 e. The highest BCUT2D eigenvalue weighted by Crippen LogP contribution is 2.23. The number of aromatic nitrogens is 1. The van der Waals surface area contributed by atoms with Gasteiger partial charge in [0.2, 0.25) is 0 Å². The number of nitrogens with two attached hydrogens (primary N) is 1. The molecule has 0 radical (unpaired) electrons. The molecule has 0 atom stereocenters. The summed E-state index contributed by atoms with van der Waals surface area (Å²) in [5.74, 6) is -0.956. The number of pyridine rings is 1. The van der Waals surface area contributed by atoms with Crippen LogP contribution < -0.4 is 11.1 Å². The maximum atomic E-state index is 11.9. The van der Waals surface area contributed by atoms with Crippen LogP contribution in [0.2, 0.25) is 0 Å². The Bertz CT molecular complexity index is 595. The zero-order valence-corrected chi connectivity index (χ0v) is 11.4. The molecule has 0 unspecified atom stereocenters. The second-order valence-corrected chi connectivity index (χ2v) is 5.18. The molecule has 0 fully saturated rings. The first-order valence-electron chi connectivity index (χ1n) is 4.88. The Morgan fingerprint density at radius 1 is 1.33 bits per heavy atom. The van der Waals surface area contributed by atoms with Crippen molar-refractivity contribution in [1.29, 1.82) is 0 Å². The molecule has 92 valence electrons. The van der Waals surface area contributed by atoms with Gasteiger partial charge in [-0.05, 0) is 39.5 Å². The summed E-state index contributed by atoms with van der Waals surface area (Å²) in [6, 6.07) is 4.86. The first-order chi connectivity index (χ1) is 8.58. The number of carbonyl (C=O) groups excluding carboxylic acids is 2. The van der Waals surface area contributed by atoms with Gasteiger partial charge in [-0.2, -0.15) is 0 Å². The highest BCUT2D eigenvalue weighted by atomic mass is 79.9. The van der Waals surface area contributed by atoms with Crippen molar-refractivity contribution in [3.8, 4) is 0 Å². The Morgan fingerprint density at radius 3 is 2.72 bits per heavy atom. The number of carbonyl (C=O) groups is 2. The summed E-state index contributed by atoms with van der Waals surface area (Å²) in [7, 11) is 0. The van der Waals surface area contributed by atoms with E-state index < -0.39 is 5.91 Å². The molecule has 2 aromatic rings. The lowest BCUT2D eigenvalue weighted by atomic mass is 10.3. The molecule has 2 heterocycles. The molecule has 3 N–H and O–H groups in total. The number of hydrogen-bond acceptors (Lipinski definition) is 4. The molecule has 2 rings (SSSR count). The monoisotopic (exact) mass is 325 g/mol. The molecule has 5 nitrogen and oxygen atoms in total. The predicted molar refractivity (Wildman–Crippen MR) is 72.7 cm³/mol. The largest absolute Gasteiger partial charge is 0.366 e. The van der Waals surface area contributed by atoms with E-state index in [1.165, 1.54) is 17.5 Å².